The standard InChI is InChI=1S/C14H17N3/c1-17-10-15-16-14(17)13(12-8-5-9-12)11-6-3-2-4-7-11/h2-4,6-7,10,12-13H,5,8-9H2,1H3/t13-/m1/s1. The molecule has 17 heavy (non-hydrogen) atoms. The van der Waals surface area contributed by atoms with Gasteiger partial charge in [-0.1, -0.05) is 36.8 Å². The Balaban J connectivity index is 2.01. The minimum atomic E-state index is 0.414. The lowest BCUT2D eigenvalue weighted by Crippen LogP contribution is -2.23. The van der Waals surface area contributed by atoms with Gasteiger partial charge in [0.1, 0.15) is 12.2 Å². The summed E-state index contributed by atoms with van der Waals surface area (Å²) in [4.78, 5) is 0. The number of hydrogen-bond acceptors (Lipinski definition) is 2. The maximum Gasteiger partial charge on any atom is 0.140 e. The van der Waals surface area contributed by atoms with Crippen LogP contribution < -0.4 is 0 Å². The van der Waals surface area contributed by atoms with E-state index in [9.17, 15) is 0 Å². The summed E-state index contributed by atoms with van der Waals surface area (Å²) in [5.74, 6) is 2.25. The first-order chi connectivity index (χ1) is 8.36. The molecule has 3 heteroatoms. The molecule has 0 unspecified atom stereocenters. The van der Waals surface area contributed by atoms with Crippen LogP contribution in [-0.2, 0) is 7.05 Å². The van der Waals surface area contributed by atoms with Crippen molar-refractivity contribution in [3.8, 4) is 0 Å². The van der Waals surface area contributed by atoms with Crippen LogP contribution in [0.3, 0.4) is 0 Å². The van der Waals surface area contributed by atoms with Gasteiger partial charge in [-0.05, 0) is 24.3 Å². The van der Waals surface area contributed by atoms with Crippen LogP contribution in [0.1, 0.15) is 36.6 Å². The summed E-state index contributed by atoms with van der Waals surface area (Å²) in [5.41, 5.74) is 1.37. The first-order valence-corrected chi connectivity index (χ1v) is 6.25. The van der Waals surface area contributed by atoms with E-state index in [1.54, 1.807) is 6.33 Å². The highest BCUT2D eigenvalue weighted by atomic mass is 15.2. The summed E-state index contributed by atoms with van der Waals surface area (Å²) in [5, 5.41) is 8.33. The number of benzene rings is 1. The molecule has 1 aromatic heterocycles. The molecule has 0 N–H and O–H groups in total. The number of hydrogen-bond donors (Lipinski definition) is 0. The predicted octanol–water partition coefficient (Wildman–Crippen LogP) is 2.75. The van der Waals surface area contributed by atoms with Crippen molar-refractivity contribution in [1.29, 1.82) is 0 Å². The Morgan fingerprint density at radius 3 is 2.53 bits per heavy atom. The molecular formula is C14H17N3. The Bertz CT molecular complexity index is 485. The van der Waals surface area contributed by atoms with Crippen LogP contribution in [0.15, 0.2) is 36.7 Å². The maximum atomic E-state index is 4.31. The van der Waals surface area contributed by atoms with Gasteiger partial charge in [-0.25, -0.2) is 0 Å². The van der Waals surface area contributed by atoms with Gasteiger partial charge >= 0.3 is 0 Å². The lowest BCUT2D eigenvalue weighted by Gasteiger charge is -2.33. The largest absolute Gasteiger partial charge is 0.320 e. The summed E-state index contributed by atoms with van der Waals surface area (Å²) in [6.07, 6.45) is 5.77. The molecule has 1 saturated carbocycles. The molecule has 3 rings (SSSR count). The average Bonchev–Trinajstić information content (AvgIpc) is 2.71. The quantitative estimate of drug-likeness (QED) is 0.807. The molecule has 1 fully saturated rings. The SMILES string of the molecule is Cn1cnnc1[C@H](c1ccccc1)C1CCC1. The molecule has 3 nitrogen and oxygen atoms in total. The first kappa shape index (κ1) is 10.5. The fraction of sp³-hybridized carbons (Fsp3) is 0.429. The number of rotatable bonds is 3. The Morgan fingerprint density at radius 1 is 1.24 bits per heavy atom. The molecule has 1 atom stereocenters. The normalized spacial score (nSPS) is 17.7. The van der Waals surface area contributed by atoms with Crippen LogP contribution >= 0.6 is 0 Å². The summed E-state index contributed by atoms with van der Waals surface area (Å²) >= 11 is 0. The van der Waals surface area contributed by atoms with Crippen molar-refractivity contribution in [1.82, 2.24) is 14.8 Å². The van der Waals surface area contributed by atoms with Crippen LogP contribution in [0.5, 0.6) is 0 Å². The number of aromatic nitrogens is 3. The van der Waals surface area contributed by atoms with E-state index in [1.165, 1.54) is 24.8 Å². The molecule has 1 aromatic carbocycles. The van der Waals surface area contributed by atoms with E-state index in [1.807, 2.05) is 7.05 Å². The molecule has 1 aliphatic rings. The number of aryl methyl sites for hydroxylation is 1. The molecule has 0 radical (unpaired) electrons. The Hall–Kier alpha value is -1.64. The molecule has 0 spiro atoms. The third-order valence-electron chi connectivity index (χ3n) is 3.80. The molecule has 2 aromatic rings. The van der Waals surface area contributed by atoms with Crippen molar-refractivity contribution in [3.05, 3.63) is 48.0 Å². The maximum absolute atomic E-state index is 4.31. The van der Waals surface area contributed by atoms with Gasteiger partial charge in [0.25, 0.3) is 0 Å². The van der Waals surface area contributed by atoms with Gasteiger partial charge in [-0.3, -0.25) is 0 Å². The van der Waals surface area contributed by atoms with Crippen LogP contribution in [0.2, 0.25) is 0 Å². The minimum Gasteiger partial charge on any atom is -0.320 e. The first-order valence-electron chi connectivity index (χ1n) is 6.25. The Morgan fingerprint density at radius 2 is 2.00 bits per heavy atom. The topological polar surface area (TPSA) is 30.7 Å². The highest BCUT2D eigenvalue weighted by Crippen LogP contribution is 2.42. The second-order valence-corrected chi connectivity index (χ2v) is 4.88. The van der Waals surface area contributed by atoms with Gasteiger partial charge in [-0.15, -0.1) is 10.2 Å². The monoisotopic (exact) mass is 227 g/mol. The summed E-state index contributed by atoms with van der Waals surface area (Å²) in [6.45, 7) is 0. The second-order valence-electron chi connectivity index (χ2n) is 4.88. The lowest BCUT2D eigenvalue weighted by molar-refractivity contribution is 0.274. The van der Waals surface area contributed by atoms with Crippen molar-refractivity contribution in [2.75, 3.05) is 0 Å². The molecule has 0 bridgehead atoms. The lowest BCUT2D eigenvalue weighted by atomic mass is 9.72. The molecule has 0 saturated heterocycles. The third-order valence-corrected chi connectivity index (χ3v) is 3.80. The van der Waals surface area contributed by atoms with Gasteiger partial charge in [0.2, 0.25) is 0 Å². The van der Waals surface area contributed by atoms with Crippen molar-refractivity contribution >= 4 is 0 Å². The summed E-state index contributed by atoms with van der Waals surface area (Å²) < 4.78 is 2.05. The van der Waals surface area contributed by atoms with Crippen LogP contribution in [0, 0.1) is 5.92 Å². The molecule has 0 aliphatic heterocycles. The van der Waals surface area contributed by atoms with Gasteiger partial charge in [0.05, 0.1) is 0 Å². The minimum absolute atomic E-state index is 0.414. The summed E-state index contributed by atoms with van der Waals surface area (Å²) in [7, 11) is 2.03. The Labute approximate surface area is 101 Å². The number of nitrogens with zero attached hydrogens (tertiary/aromatic N) is 3. The second kappa shape index (κ2) is 4.32. The Kier molecular flexibility index (Phi) is 2.67. The van der Waals surface area contributed by atoms with E-state index in [2.05, 4.69) is 45.1 Å². The van der Waals surface area contributed by atoms with E-state index in [-0.39, 0.29) is 0 Å². The molecule has 88 valence electrons. The highest BCUT2D eigenvalue weighted by molar-refractivity contribution is 5.27. The third kappa shape index (κ3) is 1.86. The highest BCUT2D eigenvalue weighted by Gasteiger charge is 2.32. The van der Waals surface area contributed by atoms with Crippen molar-refractivity contribution in [3.63, 3.8) is 0 Å². The summed E-state index contributed by atoms with van der Waals surface area (Å²) in [6, 6.07) is 10.7. The van der Waals surface area contributed by atoms with Gasteiger partial charge < -0.3 is 4.57 Å². The van der Waals surface area contributed by atoms with Gasteiger partial charge in [0, 0.05) is 13.0 Å². The van der Waals surface area contributed by atoms with Crippen molar-refractivity contribution in [2.45, 2.75) is 25.2 Å². The van der Waals surface area contributed by atoms with Crippen LogP contribution in [0.25, 0.3) is 0 Å². The molecular weight excluding hydrogens is 210 g/mol. The molecule has 0 amide bonds. The van der Waals surface area contributed by atoms with Crippen LogP contribution in [-0.4, -0.2) is 14.8 Å². The zero-order valence-corrected chi connectivity index (χ0v) is 10.1. The van der Waals surface area contributed by atoms with Crippen molar-refractivity contribution in [2.24, 2.45) is 13.0 Å². The van der Waals surface area contributed by atoms with Gasteiger partial charge in [0.15, 0.2) is 0 Å². The zero-order valence-electron chi connectivity index (χ0n) is 10.1. The fourth-order valence-corrected chi connectivity index (χ4v) is 2.64. The smallest absolute Gasteiger partial charge is 0.140 e. The van der Waals surface area contributed by atoms with Crippen molar-refractivity contribution < 1.29 is 0 Å². The predicted molar refractivity (Wildman–Crippen MR) is 66.6 cm³/mol. The molecule has 1 heterocycles. The van der Waals surface area contributed by atoms with E-state index < -0.39 is 0 Å². The van der Waals surface area contributed by atoms with Crippen LogP contribution in [0.4, 0.5) is 0 Å². The fourth-order valence-electron chi connectivity index (χ4n) is 2.64. The van der Waals surface area contributed by atoms with E-state index in [0.29, 0.717) is 5.92 Å². The van der Waals surface area contributed by atoms with E-state index in [4.69, 9.17) is 0 Å². The van der Waals surface area contributed by atoms with Gasteiger partial charge in [-0.2, -0.15) is 0 Å². The van der Waals surface area contributed by atoms with E-state index >= 15 is 0 Å². The molecule has 1 aliphatic carbocycles. The average molecular weight is 227 g/mol. The van der Waals surface area contributed by atoms with E-state index in [0.717, 1.165) is 11.7 Å². The zero-order chi connectivity index (χ0) is 11.7.